The molecule has 160 valence electrons. The molecule has 1 saturated carbocycles. The Bertz CT molecular complexity index is 596. The Labute approximate surface area is 167 Å². The van der Waals surface area contributed by atoms with Gasteiger partial charge in [0, 0.05) is 5.57 Å². The molecule has 3 aliphatic rings. The molecule has 3 fully saturated rings. The van der Waals surface area contributed by atoms with Crippen molar-refractivity contribution >= 4 is 5.97 Å². The lowest BCUT2D eigenvalue weighted by Gasteiger charge is -2.41. The number of hydrogen-bond donors (Lipinski definition) is 1. The molecule has 0 radical (unpaired) electrons. The van der Waals surface area contributed by atoms with Gasteiger partial charge in [0.05, 0.1) is 18.6 Å². The maximum Gasteiger partial charge on any atom is 0.333 e. The Morgan fingerprint density at radius 2 is 1.32 bits per heavy atom. The summed E-state index contributed by atoms with van der Waals surface area (Å²) in [7, 11) is 0. The quantitative estimate of drug-likeness (QED) is 0.521. The zero-order valence-electron chi connectivity index (χ0n) is 17.6. The number of rotatable bonds is 7. The first-order valence-electron chi connectivity index (χ1n) is 10.5. The standard InChI is InChI=1S/C21H34O7/c1-7-20(8-2)25-15-13(11-22)14(24-19(23)12(5)6)16-18(17(15)27-20)28-21(9-3,10-4)26-16/h13-18,22H,5,7-11H2,1-4,6H3. The topological polar surface area (TPSA) is 83.5 Å². The Balaban J connectivity index is 1.99. The molecule has 28 heavy (non-hydrogen) atoms. The normalized spacial score (nSPS) is 37.9. The van der Waals surface area contributed by atoms with E-state index < -0.39 is 47.9 Å². The van der Waals surface area contributed by atoms with Gasteiger partial charge >= 0.3 is 5.97 Å². The molecule has 2 heterocycles. The predicted octanol–water partition coefficient (Wildman–Crippen LogP) is 2.70. The largest absolute Gasteiger partial charge is 0.456 e. The molecule has 0 aromatic carbocycles. The molecule has 0 spiro atoms. The number of aliphatic hydroxyl groups excluding tert-OH is 1. The van der Waals surface area contributed by atoms with Gasteiger partial charge in [-0.3, -0.25) is 0 Å². The molecule has 1 aliphatic carbocycles. The first-order chi connectivity index (χ1) is 13.3. The van der Waals surface area contributed by atoms with Gasteiger partial charge in [0.2, 0.25) is 0 Å². The number of hydrogen-bond acceptors (Lipinski definition) is 7. The number of fused-ring (bicyclic) bond motifs is 3. The molecular formula is C21H34O7. The van der Waals surface area contributed by atoms with Crippen LogP contribution < -0.4 is 0 Å². The van der Waals surface area contributed by atoms with Gasteiger partial charge in [-0.15, -0.1) is 0 Å². The van der Waals surface area contributed by atoms with Crippen LogP contribution in [0.5, 0.6) is 0 Å². The summed E-state index contributed by atoms with van der Waals surface area (Å²) in [6, 6.07) is 0. The van der Waals surface area contributed by atoms with Gasteiger partial charge < -0.3 is 28.8 Å². The SMILES string of the molecule is C=C(C)C(=O)OC1C(CO)C2OC(CC)(CC)OC2C2OC(CC)(CC)OC12. The highest BCUT2D eigenvalue weighted by molar-refractivity contribution is 5.87. The summed E-state index contributed by atoms with van der Waals surface area (Å²) in [6.07, 6.45) is 0.174. The van der Waals surface area contributed by atoms with Crippen molar-refractivity contribution in [2.75, 3.05) is 6.61 Å². The summed E-state index contributed by atoms with van der Waals surface area (Å²) in [5, 5.41) is 10.2. The monoisotopic (exact) mass is 398 g/mol. The van der Waals surface area contributed by atoms with Crippen LogP contribution in [0.15, 0.2) is 12.2 Å². The Morgan fingerprint density at radius 1 is 0.893 bits per heavy atom. The molecular weight excluding hydrogens is 364 g/mol. The van der Waals surface area contributed by atoms with E-state index in [2.05, 4.69) is 6.58 Å². The van der Waals surface area contributed by atoms with E-state index in [9.17, 15) is 9.90 Å². The van der Waals surface area contributed by atoms with Crippen LogP contribution in [-0.4, -0.2) is 59.8 Å². The highest BCUT2D eigenvalue weighted by Gasteiger charge is 2.66. The van der Waals surface area contributed by atoms with E-state index in [1.807, 2.05) is 27.7 Å². The van der Waals surface area contributed by atoms with Crippen LogP contribution >= 0.6 is 0 Å². The first-order valence-corrected chi connectivity index (χ1v) is 10.5. The molecule has 6 atom stereocenters. The summed E-state index contributed by atoms with van der Waals surface area (Å²) in [5.41, 5.74) is 0.298. The van der Waals surface area contributed by atoms with E-state index in [1.54, 1.807) is 6.92 Å². The van der Waals surface area contributed by atoms with Crippen LogP contribution in [0, 0.1) is 5.92 Å². The van der Waals surface area contributed by atoms with Gasteiger partial charge in [-0.1, -0.05) is 34.3 Å². The van der Waals surface area contributed by atoms with Crippen molar-refractivity contribution in [1.82, 2.24) is 0 Å². The zero-order chi connectivity index (χ0) is 20.7. The van der Waals surface area contributed by atoms with Gasteiger partial charge in [0.1, 0.15) is 24.4 Å². The van der Waals surface area contributed by atoms with E-state index >= 15 is 0 Å². The molecule has 2 aliphatic heterocycles. The molecule has 1 N–H and O–H groups in total. The second-order valence-electron chi connectivity index (χ2n) is 8.06. The third kappa shape index (κ3) is 3.41. The van der Waals surface area contributed by atoms with Crippen LogP contribution in [0.3, 0.4) is 0 Å². The number of carbonyl (C=O) groups is 1. The summed E-state index contributed by atoms with van der Waals surface area (Å²) in [6.45, 7) is 13.1. The third-order valence-corrected chi connectivity index (χ3v) is 6.50. The van der Waals surface area contributed by atoms with Gasteiger partial charge in [0.15, 0.2) is 11.6 Å². The second-order valence-corrected chi connectivity index (χ2v) is 8.06. The highest BCUT2D eigenvalue weighted by atomic mass is 16.8. The Hall–Kier alpha value is -0.990. The van der Waals surface area contributed by atoms with E-state index in [0.29, 0.717) is 31.3 Å². The van der Waals surface area contributed by atoms with Crippen molar-refractivity contribution in [1.29, 1.82) is 0 Å². The van der Waals surface area contributed by atoms with E-state index in [1.165, 1.54) is 0 Å². The summed E-state index contributed by atoms with van der Waals surface area (Å²) >= 11 is 0. The van der Waals surface area contributed by atoms with Crippen LogP contribution in [-0.2, 0) is 28.5 Å². The fraction of sp³-hybridized carbons (Fsp3) is 0.857. The molecule has 0 aromatic rings. The van der Waals surface area contributed by atoms with Crippen LogP contribution in [0.25, 0.3) is 0 Å². The molecule has 6 unspecified atom stereocenters. The number of ether oxygens (including phenoxy) is 5. The van der Waals surface area contributed by atoms with Gasteiger partial charge in [0.25, 0.3) is 0 Å². The molecule has 2 saturated heterocycles. The molecule has 0 amide bonds. The van der Waals surface area contributed by atoms with E-state index in [0.717, 1.165) is 0 Å². The van der Waals surface area contributed by atoms with Crippen molar-refractivity contribution in [3.05, 3.63) is 12.2 Å². The fourth-order valence-electron chi connectivity index (χ4n) is 4.59. The summed E-state index contributed by atoms with van der Waals surface area (Å²) < 4.78 is 31.2. The van der Waals surface area contributed by atoms with Crippen molar-refractivity contribution in [2.45, 2.75) is 102 Å². The van der Waals surface area contributed by atoms with Crippen LogP contribution in [0.1, 0.15) is 60.3 Å². The molecule has 0 bridgehead atoms. The number of carbonyl (C=O) groups excluding carboxylic acids is 1. The summed E-state index contributed by atoms with van der Waals surface area (Å²) in [4.78, 5) is 12.3. The van der Waals surface area contributed by atoms with Crippen LogP contribution in [0.2, 0.25) is 0 Å². The van der Waals surface area contributed by atoms with Gasteiger partial charge in [-0.25, -0.2) is 4.79 Å². The lowest BCUT2D eigenvalue weighted by atomic mass is 9.78. The predicted molar refractivity (Wildman–Crippen MR) is 101 cm³/mol. The zero-order valence-corrected chi connectivity index (χ0v) is 17.6. The summed E-state index contributed by atoms with van der Waals surface area (Å²) in [5.74, 6) is -2.47. The Morgan fingerprint density at radius 3 is 1.75 bits per heavy atom. The second kappa shape index (κ2) is 8.03. The van der Waals surface area contributed by atoms with E-state index in [-0.39, 0.29) is 12.7 Å². The van der Waals surface area contributed by atoms with Crippen molar-refractivity contribution < 1.29 is 33.6 Å². The lowest BCUT2D eigenvalue weighted by molar-refractivity contribution is -0.211. The number of aliphatic hydroxyl groups is 1. The average molecular weight is 398 g/mol. The highest BCUT2D eigenvalue weighted by Crippen LogP contribution is 2.50. The fourth-order valence-corrected chi connectivity index (χ4v) is 4.59. The number of esters is 1. The van der Waals surface area contributed by atoms with Crippen molar-refractivity contribution in [3.8, 4) is 0 Å². The van der Waals surface area contributed by atoms with Crippen molar-refractivity contribution in [3.63, 3.8) is 0 Å². The first kappa shape index (κ1) is 21.7. The molecule has 7 nitrogen and oxygen atoms in total. The Kier molecular flexibility index (Phi) is 6.23. The minimum Gasteiger partial charge on any atom is -0.456 e. The maximum atomic E-state index is 12.3. The molecule has 0 aromatic heterocycles. The van der Waals surface area contributed by atoms with E-state index in [4.69, 9.17) is 23.7 Å². The lowest BCUT2D eigenvalue weighted by Crippen LogP contribution is -2.60. The van der Waals surface area contributed by atoms with Gasteiger partial charge in [-0.05, 0) is 32.6 Å². The van der Waals surface area contributed by atoms with Crippen LogP contribution in [0.4, 0.5) is 0 Å². The minimum atomic E-state index is -0.759. The smallest absolute Gasteiger partial charge is 0.333 e. The minimum absolute atomic E-state index is 0.208. The van der Waals surface area contributed by atoms with Gasteiger partial charge in [-0.2, -0.15) is 0 Å². The maximum absolute atomic E-state index is 12.3. The molecule has 7 heteroatoms. The van der Waals surface area contributed by atoms with Crippen molar-refractivity contribution in [2.24, 2.45) is 5.92 Å². The molecule has 3 rings (SSSR count). The average Bonchev–Trinajstić information content (AvgIpc) is 3.28. The third-order valence-electron chi connectivity index (χ3n) is 6.50.